The zero-order chi connectivity index (χ0) is 21.7. The predicted octanol–water partition coefficient (Wildman–Crippen LogP) is 4.50. The first-order valence-corrected chi connectivity index (χ1v) is 11.2. The number of ether oxygens (including phenoxy) is 1. The van der Waals surface area contributed by atoms with Crippen molar-refractivity contribution in [1.82, 2.24) is 0 Å². The predicted molar refractivity (Wildman–Crippen MR) is 120 cm³/mol. The first-order chi connectivity index (χ1) is 14.2. The fourth-order valence-electron chi connectivity index (χ4n) is 2.86. The van der Waals surface area contributed by atoms with Crippen LogP contribution >= 0.6 is 0 Å². The smallest absolute Gasteiger partial charge is 0.245 e. The number of para-hydroxylation sites is 1. The number of carbonyl (C=O) groups is 1. The van der Waals surface area contributed by atoms with E-state index in [2.05, 4.69) is 5.32 Å². The molecular formula is C23H24N2O4S. The molecular weight excluding hydrogens is 400 g/mol. The Labute approximate surface area is 177 Å². The molecule has 0 fully saturated rings. The Hall–Kier alpha value is -3.32. The van der Waals surface area contributed by atoms with Crippen LogP contribution in [0.3, 0.4) is 0 Å². The second kappa shape index (κ2) is 9.00. The number of hydrogen-bond donors (Lipinski definition) is 1. The van der Waals surface area contributed by atoms with Gasteiger partial charge in [0, 0.05) is 5.69 Å². The summed E-state index contributed by atoms with van der Waals surface area (Å²) in [5, 5.41) is 2.76. The van der Waals surface area contributed by atoms with Crippen LogP contribution in [0.4, 0.5) is 11.4 Å². The molecule has 0 unspecified atom stereocenters. The van der Waals surface area contributed by atoms with Crippen LogP contribution in [0.25, 0.3) is 0 Å². The number of carbonyl (C=O) groups excluding carboxylic acids is 1. The average molecular weight is 425 g/mol. The number of amides is 1. The highest BCUT2D eigenvalue weighted by Gasteiger charge is 2.21. The third kappa shape index (κ3) is 5.61. The minimum atomic E-state index is -3.66. The summed E-state index contributed by atoms with van der Waals surface area (Å²) >= 11 is 0. The molecule has 0 atom stereocenters. The fraction of sp³-hybridized carbons (Fsp3) is 0.174. The maximum atomic E-state index is 12.5. The SMILES string of the molecule is Cc1ccc(NC(=O)CN(c2ccc(Oc3ccccc3)cc2)S(C)(=O)=O)cc1C. The van der Waals surface area contributed by atoms with Crippen LogP contribution in [0.15, 0.2) is 72.8 Å². The van der Waals surface area contributed by atoms with Crippen molar-refractivity contribution in [3.8, 4) is 11.5 Å². The Balaban J connectivity index is 1.74. The summed E-state index contributed by atoms with van der Waals surface area (Å²) in [6.07, 6.45) is 1.07. The molecule has 0 saturated carbocycles. The number of rotatable bonds is 7. The van der Waals surface area contributed by atoms with E-state index in [9.17, 15) is 13.2 Å². The third-order valence-electron chi connectivity index (χ3n) is 4.58. The maximum Gasteiger partial charge on any atom is 0.245 e. The topological polar surface area (TPSA) is 75.7 Å². The Morgan fingerprint density at radius 3 is 2.13 bits per heavy atom. The lowest BCUT2D eigenvalue weighted by molar-refractivity contribution is -0.114. The molecule has 0 saturated heterocycles. The van der Waals surface area contributed by atoms with Gasteiger partial charge in [-0.15, -0.1) is 0 Å². The molecule has 0 aromatic heterocycles. The molecule has 6 nitrogen and oxygen atoms in total. The summed E-state index contributed by atoms with van der Waals surface area (Å²) in [4.78, 5) is 12.5. The van der Waals surface area contributed by atoms with Crippen molar-refractivity contribution in [1.29, 1.82) is 0 Å². The molecule has 0 spiro atoms. The van der Waals surface area contributed by atoms with E-state index < -0.39 is 15.9 Å². The van der Waals surface area contributed by atoms with Crippen molar-refractivity contribution in [3.63, 3.8) is 0 Å². The van der Waals surface area contributed by atoms with Gasteiger partial charge in [-0.2, -0.15) is 0 Å². The van der Waals surface area contributed by atoms with Crippen LogP contribution in [-0.2, 0) is 14.8 Å². The zero-order valence-corrected chi connectivity index (χ0v) is 17.9. The van der Waals surface area contributed by atoms with Crippen LogP contribution in [-0.4, -0.2) is 27.1 Å². The van der Waals surface area contributed by atoms with E-state index in [0.717, 1.165) is 21.7 Å². The van der Waals surface area contributed by atoms with Crippen LogP contribution in [0, 0.1) is 13.8 Å². The first-order valence-electron chi connectivity index (χ1n) is 9.40. The molecule has 3 aromatic rings. The molecule has 0 aliphatic heterocycles. The summed E-state index contributed by atoms with van der Waals surface area (Å²) in [5.74, 6) is 0.823. The van der Waals surface area contributed by atoms with Gasteiger partial charge in [0.2, 0.25) is 15.9 Å². The van der Waals surface area contributed by atoms with Gasteiger partial charge in [0.15, 0.2) is 0 Å². The number of benzene rings is 3. The third-order valence-corrected chi connectivity index (χ3v) is 5.72. The maximum absolute atomic E-state index is 12.5. The molecule has 156 valence electrons. The number of aryl methyl sites for hydroxylation is 2. The number of anilines is 2. The van der Waals surface area contributed by atoms with Crippen molar-refractivity contribution in [3.05, 3.63) is 83.9 Å². The van der Waals surface area contributed by atoms with E-state index in [0.29, 0.717) is 22.9 Å². The normalized spacial score (nSPS) is 11.0. The lowest BCUT2D eigenvalue weighted by atomic mass is 10.1. The molecule has 7 heteroatoms. The molecule has 0 bridgehead atoms. The lowest BCUT2D eigenvalue weighted by Gasteiger charge is -2.22. The first kappa shape index (κ1) is 21.4. The van der Waals surface area contributed by atoms with Gasteiger partial charge in [-0.25, -0.2) is 8.42 Å². The average Bonchev–Trinajstić information content (AvgIpc) is 2.70. The standard InChI is InChI=1S/C23H24N2O4S/c1-17-9-10-19(15-18(17)2)24-23(26)16-25(30(3,27)28)20-11-13-22(14-12-20)29-21-7-5-4-6-8-21/h4-15H,16H2,1-3H3,(H,24,26). The van der Waals surface area contributed by atoms with Crippen molar-refractivity contribution in [2.45, 2.75) is 13.8 Å². The van der Waals surface area contributed by atoms with Gasteiger partial charge >= 0.3 is 0 Å². The van der Waals surface area contributed by atoms with Gasteiger partial charge in [-0.3, -0.25) is 9.10 Å². The molecule has 1 amide bonds. The van der Waals surface area contributed by atoms with Crippen LogP contribution < -0.4 is 14.4 Å². The van der Waals surface area contributed by atoms with Gasteiger partial charge in [0.1, 0.15) is 18.0 Å². The number of nitrogens with zero attached hydrogens (tertiary/aromatic N) is 1. The highest BCUT2D eigenvalue weighted by molar-refractivity contribution is 7.92. The van der Waals surface area contributed by atoms with Crippen LogP contribution in [0.1, 0.15) is 11.1 Å². The minimum absolute atomic E-state index is 0.329. The monoisotopic (exact) mass is 424 g/mol. The Bertz CT molecular complexity index is 1130. The minimum Gasteiger partial charge on any atom is -0.457 e. The summed E-state index contributed by atoms with van der Waals surface area (Å²) in [6.45, 7) is 3.61. The number of nitrogens with one attached hydrogen (secondary N) is 1. The molecule has 1 N–H and O–H groups in total. The van der Waals surface area contributed by atoms with Gasteiger partial charge in [-0.1, -0.05) is 24.3 Å². The molecule has 3 rings (SSSR count). The summed E-state index contributed by atoms with van der Waals surface area (Å²) in [5.41, 5.74) is 3.17. The fourth-order valence-corrected chi connectivity index (χ4v) is 3.71. The van der Waals surface area contributed by atoms with Crippen molar-refractivity contribution in [2.75, 3.05) is 22.4 Å². The second-order valence-electron chi connectivity index (χ2n) is 7.03. The lowest BCUT2D eigenvalue weighted by Crippen LogP contribution is -2.37. The van der Waals surface area contributed by atoms with Gasteiger partial charge < -0.3 is 10.1 Å². The summed E-state index contributed by atoms with van der Waals surface area (Å²) in [6, 6.07) is 21.4. The van der Waals surface area contributed by atoms with E-state index in [1.807, 2.05) is 56.3 Å². The van der Waals surface area contributed by atoms with E-state index in [1.165, 1.54) is 0 Å². The Morgan fingerprint density at radius 2 is 1.53 bits per heavy atom. The molecule has 0 aliphatic carbocycles. The highest BCUT2D eigenvalue weighted by atomic mass is 32.2. The van der Waals surface area contributed by atoms with E-state index in [-0.39, 0.29) is 6.54 Å². The Morgan fingerprint density at radius 1 is 0.900 bits per heavy atom. The van der Waals surface area contributed by atoms with Crippen LogP contribution in [0.5, 0.6) is 11.5 Å². The van der Waals surface area contributed by atoms with Crippen molar-refractivity contribution < 1.29 is 17.9 Å². The van der Waals surface area contributed by atoms with Crippen LogP contribution in [0.2, 0.25) is 0 Å². The van der Waals surface area contributed by atoms with Gasteiger partial charge in [0.05, 0.1) is 11.9 Å². The molecule has 3 aromatic carbocycles. The van der Waals surface area contributed by atoms with Crippen molar-refractivity contribution in [2.24, 2.45) is 0 Å². The highest BCUT2D eigenvalue weighted by Crippen LogP contribution is 2.25. The largest absolute Gasteiger partial charge is 0.457 e. The van der Waals surface area contributed by atoms with Gasteiger partial charge in [-0.05, 0) is 73.5 Å². The number of hydrogen-bond acceptors (Lipinski definition) is 4. The molecule has 0 aliphatic rings. The van der Waals surface area contributed by atoms with E-state index in [1.54, 1.807) is 30.3 Å². The van der Waals surface area contributed by atoms with E-state index >= 15 is 0 Å². The van der Waals surface area contributed by atoms with Gasteiger partial charge in [0.25, 0.3) is 0 Å². The van der Waals surface area contributed by atoms with Crippen molar-refractivity contribution >= 4 is 27.3 Å². The number of sulfonamides is 1. The summed E-state index contributed by atoms with van der Waals surface area (Å²) < 4.78 is 31.4. The summed E-state index contributed by atoms with van der Waals surface area (Å²) in [7, 11) is -3.66. The molecule has 30 heavy (non-hydrogen) atoms. The zero-order valence-electron chi connectivity index (χ0n) is 17.1. The second-order valence-corrected chi connectivity index (χ2v) is 8.93. The quantitative estimate of drug-likeness (QED) is 0.606. The Kier molecular flexibility index (Phi) is 6.42. The van der Waals surface area contributed by atoms with E-state index in [4.69, 9.17) is 4.74 Å². The molecule has 0 radical (unpaired) electrons. The molecule has 0 heterocycles.